The average molecular weight is 277 g/mol. The molecular weight excluding hydrogens is 271 g/mol. The summed E-state index contributed by atoms with van der Waals surface area (Å²) in [4.78, 5) is 3.33. The zero-order valence-corrected chi connectivity index (χ0v) is 8.82. The van der Waals surface area contributed by atoms with Crippen LogP contribution in [-0.2, 0) is 6.54 Å². The highest BCUT2D eigenvalue weighted by molar-refractivity contribution is 6.32. The maximum atomic E-state index is 12.3. The number of halogens is 6. The minimum absolute atomic E-state index is 0.288. The second-order valence-corrected chi connectivity index (χ2v) is 3.24. The molecule has 1 aromatic rings. The number of rotatable bonds is 3. The van der Waals surface area contributed by atoms with Gasteiger partial charge in [-0.2, -0.15) is 0 Å². The topological polar surface area (TPSA) is 48.1 Å². The third kappa shape index (κ3) is 3.67. The van der Waals surface area contributed by atoms with Gasteiger partial charge in [0, 0.05) is 12.6 Å². The van der Waals surface area contributed by atoms with Crippen LogP contribution in [-0.4, -0.2) is 11.3 Å². The molecule has 0 spiro atoms. The van der Waals surface area contributed by atoms with Gasteiger partial charge in [-0.1, -0.05) is 11.6 Å². The summed E-state index contributed by atoms with van der Waals surface area (Å²) in [5.41, 5.74) is 3.96. The number of pyridine rings is 1. The number of aromatic nitrogens is 1. The predicted octanol–water partition coefficient (Wildman–Crippen LogP) is 3.03. The molecule has 3 nitrogen and oxygen atoms in total. The molecule has 0 aromatic carbocycles. The van der Waals surface area contributed by atoms with E-state index in [1.54, 1.807) is 0 Å². The Hall–Kier alpha value is -1.15. The van der Waals surface area contributed by atoms with Gasteiger partial charge in [0.25, 0.3) is 6.43 Å². The maximum Gasteiger partial charge on any atom is 0.573 e. The van der Waals surface area contributed by atoms with E-state index in [0.29, 0.717) is 6.07 Å². The summed E-state index contributed by atoms with van der Waals surface area (Å²) in [5, 5.41) is -0.533. The van der Waals surface area contributed by atoms with Gasteiger partial charge in [0.15, 0.2) is 5.75 Å². The van der Waals surface area contributed by atoms with Crippen LogP contribution < -0.4 is 10.5 Å². The largest absolute Gasteiger partial charge is 0.573 e. The Labute approximate surface area is 97.3 Å². The van der Waals surface area contributed by atoms with Crippen LogP contribution in [0, 0.1) is 0 Å². The molecule has 0 amide bonds. The van der Waals surface area contributed by atoms with Gasteiger partial charge in [-0.05, 0) is 0 Å². The van der Waals surface area contributed by atoms with E-state index in [-0.39, 0.29) is 12.2 Å². The van der Waals surface area contributed by atoms with E-state index in [0.717, 1.165) is 0 Å². The molecule has 1 heterocycles. The van der Waals surface area contributed by atoms with E-state index in [1.165, 1.54) is 0 Å². The zero-order valence-electron chi connectivity index (χ0n) is 8.06. The summed E-state index contributed by atoms with van der Waals surface area (Å²) < 4.78 is 64.1. The van der Waals surface area contributed by atoms with Gasteiger partial charge < -0.3 is 10.5 Å². The number of hydrogen-bond acceptors (Lipinski definition) is 3. The number of ether oxygens (including phenoxy) is 1. The van der Waals surface area contributed by atoms with Crippen molar-refractivity contribution in [1.29, 1.82) is 0 Å². The quantitative estimate of drug-likeness (QED) is 0.863. The average Bonchev–Trinajstić information content (AvgIpc) is 2.18. The lowest BCUT2D eigenvalue weighted by Crippen LogP contribution is -2.18. The van der Waals surface area contributed by atoms with E-state index in [9.17, 15) is 22.0 Å². The Morgan fingerprint density at radius 3 is 2.41 bits per heavy atom. The lowest BCUT2D eigenvalue weighted by atomic mass is 10.2. The van der Waals surface area contributed by atoms with Crippen LogP contribution in [0.25, 0.3) is 0 Å². The normalized spacial score (nSPS) is 12.0. The molecule has 0 aliphatic heterocycles. The molecule has 9 heteroatoms. The van der Waals surface area contributed by atoms with Crippen LogP contribution in [0.4, 0.5) is 22.0 Å². The summed E-state index contributed by atoms with van der Waals surface area (Å²) in [7, 11) is 0. The van der Waals surface area contributed by atoms with Gasteiger partial charge in [-0.15, -0.1) is 13.2 Å². The molecule has 0 fully saturated rings. The Morgan fingerprint density at radius 2 is 2.00 bits per heavy atom. The Kier molecular flexibility index (Phi) is 4.10. The molecule has 0 radical (unpaired) electrons. The van der Waals surface area contributed by atoms with Crippen molar-refractivity contribution in [2.75, 3.05) is 0 Å². The molecule has 1 rings (SSSR count). The second kappa shape index (κ2) is 5.01. The first-order chi connectivity index (χ1) is 7.74. The summed E-state index contributed by atoms with van der Waals surface area (Å²) in [5.74, 6) is -0.940. The second-order valence-electron chi connectivity index (χ2n) is 2.86. The van der Waals surface area contributed by atoms with Gasteiger partial charge in [-0.3, -0.25) is 0 Å². The van der Waals surface area contributed by atoms with Crippen molar-refractivity contribution in [2.24, 2.45) is 5.73 Å². The van der Waals surface area contributed by atoms with Crippen LogP contribution in [0.5, 0.6) is 5.75 Å². The fraction of sp³-hybridized carbons (Fsp3) is 0.375. The molecule has 2 N–H and O–H groups in total. The van der Waals surface area contributed by atoms with Crippen molar-refractivity contribution >= 4 is 11.6 Å². The van der Waals surface area contributed by atoms with Gasteiger partial charge in [-0.25, -0.2) is 13.8 Å². The third-order valence-electron chi connectivity index (χ3n) is 1.66. The number of alkyl halides is 5. The fourth-order valence-corrected chi connectivity index (χ4v) is 1.24. The van der Waals surface area contributed by atoms with E-state index in [1.807, 2.05) is 0 Å². The summed E-state index contributed by atoms with van der Waals surface area (Å²) in [6.07, 6.45) is -8.08. The van der Waals surface area contributed by atoms with Gasteiger partial charge in [0.2, 0.25) is 0 Å². The third-order valence-corrected chi connectivity index (χ3v) is 2.06. The van der Waals surface area contributed by atoms with Crippen molar-refractivity contribution in [2.45, 2.75) is 19.3 Å². The molecule has 0 atom stereocenters. The highest BCUT2D eigenvalue weighted by atomic mass is 35.5. The molecule has 17 heavy (non-hydrogen) atoms. The van der Waals surface area contributed by atoms with Crippen molar-refractivity contribution < 1.29 is 26.7 Å². The first kappa shape index (κ1) is 13.9. The van der Waals surface area contributed by atoms with Gasteiger partial charge in [0.1, 0.15) is 10.7 Å². The Bertz CT molecular complexity index is 410. The molecule has 0 bridgehead atoms. The molecule has 1 aromatic heterocycles. The van der Waals surface area contributed by atoms with Gasteiger partial charge in [0.05, 0.1) is 5.69 Å². The highest BCUT2D eigenvalue weighted by Gasteiger charge is 2.33. The minimum Gasteiger partial charge on any atom is -0.404 e. The molecular formula is C8H6ClF5N2O. The van der Waals surface area contributed by atoms with E-state index >= 15 is 0 Å². The van der Waals surface area contributed by atoms with Crippen molar-refractivity contribution in [3.05, 3.63) is 22.5 Å². The molecule has 0 saturated heterocycles. The summed E-state index contributed by atoms with van der Waals surface area (Å²) in [6.45, 7) is -0.381. The van der Waals surface area contributed by atoms with Gasteiger partial charge >= 0.3 is 6.36 Å². The van der Waals surface area contributed by atoms with Crippen LogP contribution in [0.1, 0.15) is 17.8 Å². The molecule has 0 saturated carbocycles. The highest BCUT2D eigenvalue weighted by Crippen LogP contribution is 2.34. The lowest BCUT2D eigenvalue weighted by molar-refractivity contribution is -0.274. The smallest absolute Gasteiger partial charge is 0.404 e. The molecule has 0 aliphatic carbocycles. The van der Waals surface area contributed by atoms with Crippen molar-refractivity contribution in [1.82, 2.24) is 4.98 Å². The van der Waals surface area contributed by atoms with Crippen molar-refractivity contribution in [3.8, 4) is 5.75 Å². The van der Waals surface area contributed by atoms with E-state index < -0.39 is 29.3 Å². The molecule has 0 unspecified atom stereocenters. The number of nitrogens with zero attached hydrogens (tertiary/aromatic N) is 1. The summed E-state index contributed by atoms with van der Waals surface area (Å²) in [6, 6.07) is 0.430. The molecule has 96 valence electrons. The van der Waals surface area contributed by atoms with Crippen LogP contribution in [0.15, 0.2) is 6.07 Å². The zero-order chi connectivity index (χ0) is 13.2. The number of nitrogens with two attached hydrogens (primary N) is 1. The Balaban J connectivity index is 3.23. The first-order valence-corrected chi connectivity index (χ1v) is 4.55. The van der Waals surface area contributed by atoms with Crippen molar-refractivity contribution in [3.63, 3.8) is 0 Å². The van der Waals surface area contributed by atoms with Crippen LogP contribution >= 0.6 is 11.6 Å². The van der Waals surface area contributed by atoms with Crippen LogP contribution in [0.2, 0.25) is 5.02 Å². The minimum atomic E-state index is -5.03. The van der Waals surface area contributed by atoms with Crippen LogP contribution in [0.3, 0.4) is 0 Å². The van der Waals surface area contributed by atoms with E-state index in [4.69, 9.17) is 17.3 Å². The summed E-state index contributed by atoms with van der Waals surface area (Å²) >= 11 is 5.48. The SMILES string of the molecule is NCc1nc(C(F)F)cc(OC(F)(F)F)c1Cl. The Morgan fingerprint density at radius 1 is 1.41 bits per heavy atom. The lowest BCUT2D eigenvalue weighted by Gasteiger charge is -2.13. The maximum absolute atomic E-state index is 12.3. The monoisotopic (exact) mass is 276 g/mol. The molecule has 0 aliphatic rings. The fourth-order valence-electron chi connectivity index (χ4n) is 1.02. The first-order valence-electron chi connectivity index (χ1n) is 4.18. The standard InChI is InChI=1S/C8H6ClF5N2O/c9-6-4(2-15)16-3(7(10)11)1-5(6)17-8(12,13)14/h1,7H,2,15H2. The number of hydrogen-bond donors (Lipinski definition) is 1. The predicted molar refractivity (Wildman–Crippen MR) is 48.8 cm³/mol. The van der Waals surface area contributed by atoms with E-state index in [2.05, 4.69) is 9.72 Å².